The van der Waals surface area contributed by atoms with Crippen molar-refractivity contribution >= 4 is 16.7 Å². The molecule has 0 spiro atoms. The smallest absolute Gasteiger partial charge is 0.150 e. The molecule has 0 N–H and O–H groups in total. The lowest BCUT2D eigenvalue weighted by molar-refractivity contribution is -0.201. The Hall–Kier alpha value is -2.43. The second kappa shape index (κ2) is 7.03. The van der Waals surface area contributed by atoms with Crippen LogP contribution in [0.25, 0.3) is 10.9 Å². The Morgan fingerprint density at radius 2 is 1.59 bits per heavy atom. The van der Waals surface area contributed by atoms with Crippen LogP contribution in [0.1, 0.15) is 49.7 Å². The molecule has 0 aliphatic carbocycles. The molecule has 3 aromatic rings. The summed E-state index contributed by atoms with van der Waals surface area (Å²) in [6.07, 6.45) is 2.35. The lowest BCUT2D eigenvalue weighted by Crippen LogP contribution is -2.76. The zero-order valence-corrected chi connectivity index (χ0v) is 19.5. The van der Waals surface area contributed by atoms with Gasteiger partial charge in [-0.2, -0.15) is 0 Å². The molecular formula is C28H33N3O. The average Bonchev–Trinajstić information content (AvgIpc) is 3.04. The summed E-state index contributed by atoms with van der Waals surface area (Å²) in [5.41, 5.74) is 5.04. The first-order valence-corrected chi connectivity index (χ1v) is 12.1. The number of fused-ring (bicyclic) bond motifs is 1. The molecule has 2 unspecified atom stereocenters. The fraction of sp³-hybridized carbons (Fsp3) is 0.464. The lowest BCUT2D eigenvalue weighted by Gasteiger charge is -2.65. The second-order valence-electron chi connectivity index (χ2n) is 10.7. The molecular weight excluding hydrogens is 394 g/mol. The van der Waals surface area contributed by atoms with Crippen molar-refractivity contribution in [3.8, 4) is 0 Å². The first-order chi connectivity index (χ1) is 15.5. The van der Waals surface area contributed by atoms with Crippen LogP contribution in [0.3, 0.4) is 0 Å². The average molecular weight is 428 g/mol. The van der Waals surface area contributed by atoms with Gasteiger partial charge in [0.1, 0.15) is 5.78 Å². The van der Waals surface area contributed by atoms with E-state index in [-0.39, 0.29) is 17.0 Å². The number of rotatable bonds is 5. The second-order valence-corrected chi connectivity index (χ2v) is 10.7. The van der Waals surface area contributed by atoms with Gasteiger partial charge in [0.25, 0.3) is 0 Å². The fourth-order valence-corrected chi connectivity index (χ4v) is 7.26. The maximum atomic E-state index is 13.5. The molecule has 4 fully saturated rings. The van der Waals surface area contributed by atoms with Gasteiger partial charge >= 0.3 is 0 Å². The van der Waals surface area contributed by atoms with Gasteiger partial charge in [-0.1, -0.05) is 68.8 Å². The number of para-hydroxylation sites is 1. The van der Waals surface area contributed by atoms with Gasteiger partial charge in [0.2, 0.25) is 0 Å². The van der Waals surface area contributed by atoms with Gasteiger partial charge in [0, 0.05) is 54.9 Å². The van der Waals surface area contributed by atoms with Crippen LogP contribution >= 0.6 is 0 Å². The zero-order valence-electron chi connectivity index (χ0n) is 19.5. The van der Waals surface area contributed by atoms with Gasteiger partial charge in [0.05, 0.1) is 17.0 Å². The van der Waals surface area contributed by atoms with E-state index in [0.29, 0.717) is 5.78 Å². The van der Waals surface area contributed by atoms with Crippen molar-refractivity contribution in [3.05, 3.63) is 71.4 Å². The van der Waals surface area contributed by atoms with Crippen molar-refractivity contribution in [2.75, 3.05) is 26.2 Å². The monoisotopic (exact) mass is 427 g/mol. The minimum absolute atomic E-state index is 0.174. The van der Waals surface area contributed by atoms with Gasteiger partial charge in [-0.25, -0.2) is 0 Å². The standard InChI is InChI=1S/C28H33N3O/c1-4-14-28-18-29-16-27(3,26(28)32)17-30(19-28)25(29)24-20(2)31(15-21-10-6-5-7-11-21)23-13-9-8-12-22(23)24/h5-13,25H,4,14-19H2,1-3H3. The summed E-state index contributed by atoms with van der Waals surface area (Å²) in [6.45, 7) is 11.2. The summed E-state index contributed by atoms with van der Waals surface area (Å²) in [5, 5.41) is 1.36. The highest BCUT2D eigenvalue weighted by Crippen LogP contribution is 2.55. The molecule has 166 valence electrons. The summed E-state index contributed by atoms with van der Waals surface area (Å²) < 4.78 is 2.49. The molecule has 4 heteroatoms. The number of aromatic nitrogens is 1. The molecule has 1 aromatic heterocycles. The summed E-state index contributed by atoms with van der Waals surface area (Å²) in [4.78, 5) is 18.7. The number of benzene rings is 2. The first-order valence-electron chi connectivity index (χ1n) is 12.1. The van der Waals surface area contributed by atoms with Gasteiger partial charge in [-0.05, 0) is 25.0 Å². The van der Waals surface area contributed by atoms with Crippen LogP contribution in [-0.4, -0.2) is 46.3 Å². The predicted molar refractivity (Wildman–Crippen MR) is 129 cm³/mol. The summed E-state index contributed by atoms with van der Waals surface area (Å²) in [5.74, 6) is 0.529. The molecule has 32 heavy (non-hydrogen) atoms. The summed E-state index contributed by atoms with van der Waals surface area (Å²) in [7, 11) is 0. The molecule has 4 bridgehead atoms. The number of Topliss-reactive ketones (excluding diaryl/α,β-unsaturated/α-hetero) is 1. The van der Waals surface area contributed by atoms with Crippen molar-refractivity contribution in [2.45, 2.75) is 46.3 Å². The van der Waals surface area contributed by atoms with Crippen LogP contribution in [0.15, 0.2) is 54.6 Å². The van der Waals surface area contributed by atoms with E-state index in [0.717, 1.165) is 45.6 Å². The van der Waals surface area contributed by atoms with Crippen molar-refractivity contribution in [1.82, 2.24) is 14.4 Å². The molecule has 4 saturated heterocycles. The van der Waals surface area contributed by atoms with Crippen molar-refractivity contribution in [2.24, 2.45) is 10.8 Å². The van der Waals surface area contributed by atoms with E-state index in [1.54, 1.807) is 0 Å². The van der Waals surface area contributed by atoms with E-state index in [4.69, 9.17) is 0 Å². The van der Waals surface area contributed by atoms with E-state index < -0.39 is 0 Å². The zero-order chi connectivity index (χ0) is 22.1. The number of hydrogen-bond donors (Lipinski definition) is 0. The molecule has 0 saturated carbocycles. The summed E-state index contributed by atoms with van der Waals surface area (Å²) in [6, 6.07) is 19.6. The largest absolute Gasteiger partial charge is 0.340 e. The Morgan fingerprint density at radius 3 is 2.28 bits per heavy atom. The molecule has 7 rings (SSSR count). The molecule has 0 amide bonds. The van der Waals surface area contributed by atoms with Crippen LogP contribution < -0.4 is 0 Å². The Morgan fingerprint density at radius 1 is 0.938 bits per heavy atom. The number of piperidine rings is 2. The highest BCUT2D eigenvalue weighted by Gasteiger charge is 2.63. The molecule has 2 atom stereocenters. The highest BCUT2D eigenvalue weighted by atomic mass is 16.1. The van der Waals surface area contributed by atoms with E-state index in [9.17, 15) is 4.79 Å². The summed E-state index contributed by atoms with van der Waals surface area (Å²) >= 11 is 0. The first kappa shape index (κ1) is 20.2. The molecule has 4 aliphatic heterocycles. The number of nitrogens with zero attached hydrogens (tertiary/aromatic N) is 3. The van der Waals surface area contributed by atoms with Gasteiger partial charge in [-0.15, -0.1) is 0 Å². The van der Waals surface area contributed by atoms with Gasteiger partial charge < -0.3 is 4.57 Å². The Balaban J connectivity index is 1.46. The Bertz CT molecular complexity index is 1180. The van der Waals surface area contributed by atoms with Crippen molar-refractivity contribution in [3.63, 3.8) is 0 Å². The third-order valence-electron chi connectivity index (χ3n) is 8.29. The quantitative estimate of drug-likeness (QED) is 0.573. The highest BCUT2D eigenvalue weighted by molar-refractivity contribution is 5.93. The lowest BCUT2D eigenvalue weighted by atomic mass is 9.59. The van der Waals surface area contributed by atoms with Crippen LogP contribution in [0.5, 0.6) is 0 Å². The van der Waals surface area contributed by atoms with E-state index >= 15 is 0 Å². The maximum absolute atomic E-state index is 13.5. The minimum Gasteiger partial charge on any atom is -0.340 e. The Kier molecular flexibility index (Phi) is 4.44. The Labute approximate surface area is 190 Å². The SMILES string of the molecule is CCCC12CN3CC(C)(CN(C1)C3c1c(C)n(Cc3ccccc3)c3ccccc13)C2=O. The predicted octanol–water partition coefficient (Wildman–Crippen LogP) is 5.00. The number of ketones is 1. The van der Waals surface area contributed by atoms with E-state index in [2.05, 4.69) is 89.7 Å². The topological polar surface area (TPSA) is 28.5 Å². The van der Waals surface area contributed by atoms with Crippen molar-refractivity contribution < 1.29 is 4.79 Å². The maximum Gasteiger partial charge on any atom is 0.150 e. The molecule has 4 nitrogen and oxygen atoms in total. The molecule has 4 aliphatic rings. The molecule has 2 aromatic carbocycles. The third kappa shape index (κ3) is 2.72. The molecule has 0 radical (unpaired) electrons. The fourth-order valence-electron chi connectivity index (χ4n) is 7.26. The van der Waals surface area contributed by atoms with E-state index in [1.165, 1.54) is 27.7 Å². The van der Waals surface area contributed by atoms with Crippen molar-refractivity contribution in [1.29, 1.82) is 0 Å². The number of hydrogen-bond acceptors (Lipinski definition) is 3. The van der Waals surface area contributed by atoms with Crippen LogP contribution in [0.2, 0.25) is 0 Å². The van der Waals surface area contributed by atoms with Gasteiger partial charge in [-0.3, -0.25) is 14.6 Å². The van der Waals surface area contributed by atoms with Gasteiger partial charge in [0.15, 0.2) is 0 Å². The van der Waals surface area contributed by atoms with Crippen LogP contribution in [0.4, 0.5) is 0 Å². The number of carbonyl (C=O) groups excluding carboxylic acids is 1. The third-order valence-corrected chi connectivity index (χ3v) is 8.29. The normalized spacial score (nSPS) is 33.3. The number of carbonyl (C=O) groups is 1. The van der Waals surface area contributed by atoms with Crippen LogP contribution in [-0.2, 0) is 11.3 Å². The minimum atomic E-state index is -0.224. The van der Waals surface area contributed by atoms with E-state index in [1.807, 2.05) is 0 Å². The van der Waals surface area contributed by atoms with Crippen LogP contribution in [0, 0.1) is 17.8 Å². The molecule has 5 heterocycles.